The van der Waals surface area contributed by atoms with Crippen molar-refractivity contribution in [2.75, 3.05) is 13.2 Å². The molecular formula is C20H42MgO. The predicted molar refractivity (Wildman–Crippen MR) is 102 cm³/mol. The molecule has 22 heavy (non-hydrogen) atoms. The Bertz CT molecular complexity index is 155. The van der Waals surface area contributed by atoms with Gasteiger partial charge in [0.2, 0.25) is 0 Å². The Morgan fingerprint density at radius 3 is 1.00 bits per heavy atom. The molecule has 0 aromatic heterocycles. The summed E-state index contributed by atoms with van der Waals surface area (Å²) in [6.45, 7) is 6.55. The lowest BCUT2D eigenvalue weighted by Crippen LogP contribution is -1.97. The van der Waals surface area contributed by atoms with Crippen molar-refractivity contribution < 1.29 is 4.74 Å². The van der Waals surface area contributed by atoms with E-state index in [1.807, 2.05) is 0 Å². The maximum absolute atomic E-state index is 5.72. The van der Waals surface area contributed by atoms with E-state index < -0.39 is 0 Å². The summed E-state index contributed by atoms with van der Waals surface area (Å²) in [7, 11) is 0. The van der Waals surface area contributed by atoms with Gasteiger partial charge in [-0.05, 0) is 12.8 Å². The molecule has 0 fully saturated rings. The van der Waals surface area contributed by atoms with E-state index in [9.17, 15) is 0 Å². The van der Waals surface area contributed by atoms with Gasteiger partial charge in [0.25, 0.3) is 0 Å². The molecule has 0 rings (SSSR count). The molecule has 0 heterocycles. The minimum absolute atomic E-state index is 0. The van der Waals surface area contributed by atoms with Crippen LogP contribution in [-0.2, 0) is 4.74 Å². The number of ether oxygens (including phenoxy) is 1. The van der Waals surface area contributed by atoms with Gasteiger partial charge >= 0.3 is 0 Å². The van der Waals surface area contributed by atoms with E-state index in [1.54, 1.807) is 0 Å². The van der Waals surface area contributed by atoms with Gasteiger partial charge in [0.05, 0.1) is 0 Å². The smallest absolute Gasteiger partial charge is 0.0466 e. The Morgan fingerprint density at radius 1 is 0.409 bits per heavy atom. The fourth-order valence-electron chi connectivity index (χ4n) is 2.78. The van der Waals surface area contributed by atoms with Crippen LogP contribution in [0.4, 0.5) is 0 Å². The van der Waals surface area contributed by atoms with Crippen LogP contribution in [0.25, 0.3) is 0 Å². The lowest BCUT2D eigenvalue weighted by Gasteiger charge is -2.05. The molecule has 0 aliphatic rings. The molecule has 0 saturated carbocycles. The average molecular weight is 323 g/mol. The Morgan fingerprint density at radius 2 is 0.682 bits per heavy atom. The molecule has 0 aromatic rings. The first-order valence-electron chi connectivity index (χ1n) is 9.99. The van der Waals surface area contributed by atoms with E-state index in [0.717, 1.165) is 13.2 Å². The molecule has 0 unspecified atom stereocenters. The van der Waals surface area contributed by atoms with Crippen LogP contribution in [0.3, 0.4) is 0 Å². The van der Waals surface area contributed by atoms with Gasteiger partial charge in [-0.2, -0.15) is 0 Å². The molecule has 0 amide bonds. The van der Waals surface area contributed by atoms with Gasteiger partial charge in [0.1, 0.15) is 0 Å². The zero-order valence-electron chi connectivity index (χ0n) is 15.8. The Hall–Kier alpha value is 0.726. The molecule has 0 saturated heterocycles. The molecule has 0 N–H and O–H groups in total. The third kappa shape index (κ3) is 23.0. The summed E-state index contributed by atoms with van der Waals surface area (Å²) in [6.07, 6.45) is 22.2. The number of hydrogen-bond acceptors (Lipinski definition) is 1. The van der Waals surface area contributed by atoms with Crippen molar-refractivity contribution in [1.29, 1.82) is 0 Å². The van der Waals surface area contributed by atoms with Crippen molar-refractivity contribution in [3.63, 3.8) is 0 Å². The van der Waals surface area contributed by atoms with Crippen LogP contribution in [0.15, 0.2) is 0 Å². The Kier molecular flexibility index (Phi) is 27.2. The molecule has 0 aliphatic carbocycles. The van der Waals surface area contributed by atoms with Crippen molar-refractivity contribution in [2.24, 2.45) is 0 Å². The third-order valence-corrected chi connectivity index (χ3v) is 4.28. The second-order valence-corrected chi connectivity index (χ2v) is 6.56. The number of unbranched alkanes of at least 4 members (excludes halogenated alkanes) is 14. The quantitative estimate of drug-likeness (QED) is 0.197. The van der Waals surface area contributed by atoms with Gasteiger partial charge in [-0.3, -0.25) is 0 Å². The molecule has 0 atom stereocenters. The van der Waals surface area contributed by atoms with E-state index >= 15 is 0 Å². The van der Waals surface area contributed by atoms with Crippen molar-refractivity contribution >= 4 is 23.1 Å². The summed E-state index contributed by atoms with van der Waals surface area (Å²) in [4.78, 5) is 0. The maximum Gasteiger partial charge on any atom is 0.0466 e. The van der Waals surface area contributed by atoms with Gasteiger partial charge in [0, 0.05) is 36.3 Å². The predicted octanol–water partition coefficient (Wildman–Crippen LogP) is 6.90. The molecule has 130 valence electrons. The Balaban J connectivity index is 0. The highest BCUT2D eigenvalue weighted by Gasteiger charge is 1.94. The zero-order valence-corrected chi connectivity index (χ0v) is 17.3. The molecule has 0 spiro atoms. The molecular weight excluding hydrogens is 281 g/mol. The van der Waals surface area contributed by atoms with Crippen LogP contribution in [-0.4, -0.2) is 36.3 Å². The van der Waals surface area contributed by atoms with E-state index in [4.69, 9.17) is 4.74 Å². The molecule has 2 radical (unpaired) electrons. The first kappa shape index (κ1) is 25.0. The highest BCUT2D eigenvalue weighted by Crippen LogP contribution is 2.10. The first-order chi connectivity index (χ1) is 10.4. The normalized spacial score (nSPS) is 10.6. The Labute approximate surface area is 157 Å². The van der Waals surface area contributed by atoms with Crippen molar-refractivity contribution in [2.45, 2.75) is 117 Å². The fraction of sp³-hybridized carbons (Fsp3) is 1.00. The second kappa shape index (κ2) is 24.0. The van der Waals surface area contributed by atoms with E-state index in [-0.39, 0.29) is 23.1 Å². The van der Waals surface area contributed by atoms with Crippen LogP contribution in [0.5, 0.6) is 0 Å². The highest BCUT2D eigenvalue weighted by atomic mass is 24.3. The van der Waals surface area contributed by atoms with E-state index in [1.165, 1.54) is 103 Å². The summed E-state index contributed by atoms with van der Waals surface area (Å²) in [5, 5.41) is 0. The van der Waals surface area contributed by atoms with Crippen LogP contribution in [0.2, 0.25) is 0 Å². The van der Waals surface area contributed by atoms with Crippen molar-refractivity contribution in [3.8, 4) is 0 Å². The maximum atomic E-state index is 5.72. The SMILES string of the molecule is CCCCCCCCCCOCCCCCCCCCC.[Mg]. The molecule has 0 aromatic carbocycles. The lowest BCUT2D eigenvalue weighted by atomic mass is 10.1. The van der Waals surface area contributed by atoms with Gasteiger partial charge < -0.3 is 4.74 Å². The highest BCUT2D eigenvalue weighted by molar-refractivity contribution is 5.75. The van der Waals surface area contributed by atoms with Crippen molar-refractivity contribution in [3.05, 3.63) is 0 Å². The summed E-state index contributed by atoms with van der Waals surface area (Å²) in [6, 6.07) is 0. The van der Waals surface area contributed by atoms with Gasteiger partial charge in [-0.25, -0.2) is 0 Å². The second-order valence-electron chi connectivity index (χ2n) is 6.56. The first-order valence-corrected chi connectivity index (χ1v) is 9.99. The topological polar surface area (TPSA) is 9.23 Å². The molecule has 0 bridgehead atoms. The van der Waals surface area contributed by atoms with Gasteiger partial charge in [-0.15, -0.1) is 0 Å². The van der Waals surface area contributed by atoms with Gasteiger partial charge in [0.15, 0.2) is 0 Å². The number of rotatable bonds is 18. The van der Waals surface area contributed by atoms with E-state index in [2.05, 4.69) is 13.8 Å². The summed E-state index contributed by atoms with van der Waals surface area (Å²) < 4.78 is 5.72. The van der Waals surface area contributed by atoms with Gasteiger partial charge in [-0.1, -0.05) is 104 Å². The summed E-state index contributed by atoms with van der Waals surface area (Å²) >= 11 is 0. The number of hydrogen-bond donors (Lipinski definition) is 0. The zero-order chi connectivity index (χ0) is 15.4. The molecule has 2 heteroatoms. The van der Waals surface area contributed by atoms with Crippen molar-refractivity contribution in [1.82, 2.24) is 0 Å². The molecule has 0 aliphatic heterocycles. The minimum Gasteiger partial charge on any atom is -0.381 e. The summed E-state index contributed by atoms with van der Waals surface area (Å²) in [5.41, 5.74) is 0. The fourth-order valence-corrected chi connectivity index (χ4v) is 2.78. The lowest BCUT2D eigenvalue weighted by molar-refractivity contribution is 0.125. The average Bonchev–Trinajstić information content (AvgIpc) is 2.50. The summed E-state index contributed by atoms with van der Waals surface area (Å²) in [5.74, 6) is 0. The van der Waals surface area contributed by atoms with Crippen LogP contribution in [0, 0.1) is 0 Å². The van der Waals surface area contributed by atoms with Crippen LogP contribution < -0.4 is 0 Å². The van der Waals surface area contributed by atoms with Crippen LogP contribution in [0.1, 0.15) is 117 Å². The largest absolute Gasteiger partial charge is 0.381 e. The standard InChI is InChI=1S/C20H42O.Mg/c1-3-5-7-9-11-13-15-17-19-21-20-18-16-14-12-10-8-6-4-2;/h3-20H2,1-2H3;. The van der Waals surface area contributed by atoms with Crippen LogP contribution >= 0.6 is 0 Å². The minimum atomic E-state index is 0. The monoisotopic (exact) mass is 322 g/mol. The third-order valence-electron chi connectivity index (χ3n) is 4.28. The molecule has 1 nitrogen and oxygen atoms in total. The van der Waals surface area contributed by atoms with E-state index in [0.29, 0.717) is 0 Å².